The zero-order valence-electron chi connectivity index (χ0n) is 11.5. The molecule has 0 saturated heterocycles. The van der Waals surface area contributed by atoms with Crippen LogP contribution in [0.2, 0.25) is 0 Å². The van der Waals surface area contributed by atoms with E-state index in [9.17, 15) is 0 Å². The molecule has 0 radical (unpaired) electrons. The van der Waals surface area contributed by atoms with E-state index >= 15 is 0 Å². The summed E-state index contributed by atoms with van der Waals surface area (Å²) in [5, 5.41) is 3.69. The van der Waals surface area contributed by atoms with Gasteiger partial charge in [0.15, 0.2) is 0 Å². The van der Waals surface area contributed by atoms with Crippen molar-refractivity contribution in [2.75, 3.05) is 20.3 Å². The van der Waals surface area contributed by atoms with Gasteiger partial charge in [0.2, 0.25) is 0 Å². The van der Waals surface area contributed by atoms with Gasteiger partial charge in [-0.25, -0.2) is 0 Å². The van der Waals surface area contributed by atoms with Gasteiger partial charge in [-0.1, -0.05) is 27.2 Å². The summed E-state index contributed by atoms with van der Waals surface area (Å²) in [7, 11) is 1.79. The molecule has 0 bridgehead atoms. The van der Waals surface area contributed by atoms with Crippen LogP contribution in [0.1, 0.15) is 52.9 Å². The van der Waals surface area contributed by atoms with Crippen LogP contribution in [0, 0.1) is 11.3 Å². The highest BCUT2D eigenvalue weighted by atomic mass is 16.5. The van der Waals surface area contributed by atoms with Crippen LogP contribution < -0.4 is 5.32 Å². The molecule has 0 spiro atoms. The largest absolute Gasteiger partial charge is 0.383 e. The standard InChI is InChI=1S/C14H29NO/c1-5-13(10-16-4)15-11-14(7-6-8-14)9-12(2)3/h12-13,15H,5-11H2,1-4H3. The number of ether oxygens (including phenoxy) is 1. The molecule has 1 aliphatic carbocycles. The highest BCUT2D eigenvalue weighted by Crippen LogP contribution is 2.45. The second-order valence-electron chi connectivity index (χ2n) is 5.89. The molecule has 0 aromatic carbocycles. The summed E-state index contributed by atoms with van der Waals surface area (Å²) >= 11 is 0. The van der Waals surface area contributed by atoms with Crippen molar-refractivity contribution in [1.29, 1.82) is 0 Å². The summed E-state index contributed by atoms with van der Waals surface area (Å²) in [4.78, 5) is 0. The van der Waals surface area contributed by atoms with Gasteiger partial charge in [0.25, 0.3) is 0 Å². The normalized spacial score (nSPS) is 20.8. The number of nitrogens with one attached hydrogen (secondary N) is 1. The van der Waals surface area contributed by atoms with Crippen molar-refractivity contribution in [3.8, 4) is 0 Å². The Balaban J connectivity index is 2.32. The first-order chi connectivity index (χ1) is 7.62. The van der Waals surface area contributed by atoms with Crippen molar-refractivity contribution < 1.29 is 4.74 Å². The van der Waals surface area contributed by atoms with Gasteiger partial charge in [0.05, 0.1) is 6.61 Å². The van der Waals surface area contributed by atoms with Gasteiger partial charge in [-0.15, -0.1) is 0 Å². The Morgan fingerprint density at radius 3 is 2.38 bits per heavy atom. The van der Waals surface area contributed by atoms with E-state index in [1.165, 1.54) is 32.2 Å². The van der Waals surface area contributed by atoms with Crippen LogP contribution in [0.3, 0.4) is 0 Å². The number of rotatable bonds is 8. The minimum Gasteiger partial charge on any atom is -0.383 e. The van der Waals surface area contributed by atoms with E-state index in [-0.39, 0.29) is 0 Å². The monoisotopic (exact) mass is 227 g/mol. The molecule has 0 amide bonds. The summed E-state index contributed by atoms with van der Waals surface area (Å²) in [6.45, 7) is 8.94. The summed E-state index contributed by atoms with van der Waals surface area (Å²) in [5.41, 5.74) is 0.606. The van der Waals surface area contributed by atoms with Gasteiger partial charge in [-0.2, -0.15) is 0 Å². The molecule has 1 N–H and O–H groups in total. The molecule has 0 aromatic heterocycles. The van der Waals surface area contributed by atoms with Crippen LogP contribution in [0.5, 0.6) is 0 Å². The highest BCUT2D eigenvalue weighted by Gasteiger charge is 2.37. The Hall–Kier alpha value is -0.0800. The molecule has 2 nitrogen and oxygen atoms in total. The lowest BCUT2D eigenvalue weighted by atomic mass is 9.64. The third-order valence-electron chi connectivity index (χ3n) is 3.88. The van der Waals surface area contributed by atoms with Gasteiger partial charge in [0, 0.05) is 19.7 Å². The maximum atomic E-state index is 5.23. The van der Waals surface area contributed by atoms with Crippen LogP contribution in [0.15, 0.2) is 0 Å². The Morgan fingerprint density at radius 1 is 1.31 bits per heavy atom. The molecule has 1 rings (SSSR count). The van der Waals surface area contributed by atoms with Crippen LogP contribution in [-0.4, -0.2) is 26.3 Å². The maximum Gasteiger partial charge on any atom is 0.0615 e. The molecule has 0 aliphatic heterocycles. The minimum atomic E-state index is 0.537. The first kappa shape index (κ1) is 14.0. The Kier molecular flexibility index (Phi) is 5.77. The lowest BCUT2D eigenvalue weighted by molar-refractivity contribution is 0.0835. The molecule has 1 aliphatic rings. The Bertz CT molecular complexity index is 187. The van der Waals surface area contributed by atoms with Crippen LogP contribution >= 0.6 is 0 Å². The molecule has 1 unspecified atom stereocenters. The molecular weight excluding hydrogens is 198 g/mol. The molecule has 1 saturated carbocycles. The van der Waals surface area contributed by atoms with Crippen LogP contribution in [0.4, 0.5) is 0 Å². The fourth-order valence-corrected chi connectivity index (χ4v) is 2.88. The van der Waals surface area contributed by atoms with Gasteiger partial charge in [-0.3, -0.25) is 0 Å². The second-order valence-corrected chi connectivity index (χ2v) is 5.89. The second kappa shape index (κ2) is 6.61. The topological polar surface area (TPSA) is 21.3 Å². The fraction of sp³-hybridized carbons (Fsp3) is 1.00. The van der Waals surface area contributed by atoms with Crippen molar-refractivity contribution in [1.82, 2.24) is 5.32 Å². The minimum absolute atomic E-state index is 0.537. The third-order valence-corrected chi connectivity index (χ3v) is 3.88. The molecule has 96 valence electrons. The van der Waals surface area contributed by atoms with E-state index in [2.05, 4.69) is 26.1 Å². The van der Waals surface area contributed by atoms with Gasteiger partial charge < -0.3 is 10.1 Å². The van der Waals surface area contributed by atoms with E-state index < -0.39 is 0 Å². The zero-order chi connectivity index (χ0) is 12.0. The smallest absolute Gasteiger partial charge is 0.0615 e. The van der Waals surface area contributed by atoms with E-state index in [0.717, 1.165) is 18.9 Å². The third kappa shape index (κ3) is 4.06. The first-order valence-electron chi connectivity index (χ1n) is 6.84. The highest BCUT2D eigenvalue weighted by molar-refractivity contribution is 4.91. The summed E-state index contributed by atoms with van der Waals surface area (Å²) in [6, 6.07) is 0.537. The molecule has 16 heavy (non-hydrogen) atoms. The van der Waals surface area contributed by atoms with Crippen LogP contribution in [0.25, 0.3) is 0 Å². The quantitative estimate of drug-likeness (QED) is 0.687. The predicted octanol–water partition coefficient (Wildman–Crippen LogP) is 3.22. The number of methoxy groups -OCH3 is 1. The first-order valence-corrected chi connectivity index (χ1v) is 6.84. The average Bonchev–Trinajstić information content (AvgIpc) is 2.19. The molecule has 0 heterocycles. The van der Waals surface area contributed by atoms with Gasteiger partial charge in [-0.05, 0) is 37.0 Å². The van der Waals surface area contributed by atoms with Crippen molar-refractivity contribution in [2.24, 2.45) is 11.3 Å². The maximum absolute atomic E-state index is 5.23. The SMILES string of the molecule is CCC(COC)NCC1(CC(C)C)CCC1. The van der Waals surface area contributed by atoms with Crippen molar-refractivity contribution in [3.05, 3.63) is 0 Å². The van der Waals surface area contributed by atoms with E-state index in [1.54, 1.807) is 7.11 Å². The fourth-order valence-electron chi connectivity index (χ4n) is 2.88. The molecule has 0 aromatic rings. The predicted molar refractivity (Wildman–Crippen MR) is 69.7 cm³/mol. The van der Waals surface area contributed by atoms with Crippen molar-refractivity contribution in [3.63, 3.8) is 0 Å². The summed E-state index contributed by atoms with van der Waals surface area (Å²) in [5.74, 6) is 0.824. The lowest BCUT2D eigenvalue weighted by Gasteiger charge is -2.44. The molecule has 1 atom stereocenters. The summed E-state index contributed by atoms with van der Waals surface area (Å²) in [6.07, 6.45) is 6.80. The van der Waals surface area contributed by atoms with E-state index in [0.29, 0.717) is 11.5 Å². The number of hydrogen-bond donors (Lipinski definition) is 1. The van der Waals surface area contributed by atoms with E-state index in [4.69, 9.17) is 4.74 Å². The zero-order valence-corrected chi connectivity index (χ0v) is 11.5. The van der Waals surface area contributed by atoms with E-state index in [1.807, 2.05) is 0 Å². The molecule has 2 heteroatoms. The Labute approximate surface area is 101 Å². The Morgan fingerprint density at radius 2 is 2.00 bits per heavy atom. The molecule has 1 fully saturated rings. The molecular formula is C14H29NO. The van der Waals surface area contributed by atoms with Crippen LogP contribution in [-0.2, 0) is 4.74 Å². The van der Waals surface area contributed by atoms with Crippen molar-refractivity contribution in [2.45, 2.75) is 58.9 Å². The lowest BCUT2D eigenvalue weighted by Crippen LogP contribution is -2.45. The average molecular weight is 227 g/mol. The number of hydrogen-bond acceptors (Lipinski definition) is 2. The van der Waals surface area contributed by atoms with Gasteiger partial charge in [0.1, 0.15) is 0 Å². The summed E-state index contributed by atoms with van der Waals surface area (Å²) < 4.78 is 5.23. The van der Waals surface area contributed by atoms with Crippen molar-refractivity contribution >= 4 is 0 Å². The van der Waals surface area contributed by atoms with Gasteiger partial charge >= 0.3 is 0 Å².